The zero-order valence-corrected chi connectivity index (χ0v) is 35.4. The van der Waals surface area contributed by atoms with E-state index in [0.717, 1.165) is 62.8 Å². The molecule has 0 aliphatic heterocycles. The van der Waals surface area contributed by atoms with Gasteiger partial charge in [0.15, 0.2) is 0 Å². The van der Waals surface area contributed by atoms with Gasteiger partial charge in [0.1, 0.15) is 0 Å². The van der Waals surface area contributed by atoms with E-state index in [1.807, 2.05) is 30.4 Å². The van der Waals surface area contributed by atoms with Crippen LogP contribution in [0.1, 0.15) is 40.3 Å². The molecular formula is C60H52N2. The van der Waals surface area contributed by atoms with Crippen molar-refractivity contribution >= 4 is 63.5 Å². The molecule has 0 unspecified atom stereocenters. The Balaban J connectivity index is 1.08. The van der Waals surface area contributed by atoms with Crippen LogP contribution in [0, 0.1) is 0 Å². The lowest BCUT2D eigenvalue weighted by molar-refractivity contribution is 1.16. The smallest absolute Gasteiger partial charge is 0.0530 e. The Morgan fingerprint density at radius 3 is 1.81 bits per heavy atom. The van der Waals surface area contributed by atoms with E-state index in [9.17, 15) is 0 Å². The number of benzene rings is 7. The molecule has 0 atom stereocenters. The number of fused-ring (bicyclic) bond motifs is 1. The molecule has 0 aliphatic rings. The van der Waals surface area contributed by atoms with E-state index in [4.69, 9.17) is 0 Å². The molecule has 0 N–H and O–H groups in total. The van der Waals surface area contributed by atoms with E-state index < -0.39 is 0 Å². The van der Waals surface area contributed by atoms with Crippen LogP contribution in [0.2, 0.25) is 0 Å². The second-order valence-corrected chi connectivity index (χ2v) is 14.8. The average molecular weight is 801 g/mol. The van der Waals surface area contributed by atoms with Crippen molar-refractivity contribution < 1.29 is 0 Å². The van der Waals surface area contributed by atoms with Crippen LogP contribution < -0.4 is 9.80 Å². The summed E-state index contributed by atoms with van der Waals surface area (Å²) >= 11 is 0. The second kappa shape index (κ2) is 21.4. The van der Waals surface area contributed by atoms with Crippen LogP contribution in [0.4, 0.5) is 22.7 Å². The maximum absolute atomic E-state index is 4.02. The summed E-state index contributed by atoms with van der Waals surface area (Å²) < 4.78 is 0. The number of nitrogens with zero attached hydrogens (tertiary/aromatic N) is 2. The maximum Gasteiger partial charge on any atom is 0.0530 e. The van der Waals surface area contributed by atoms with E-state index in [1.54, 1.807) is 12.2 Å². The molecule has 0 fully saturated rings. The molecule has 0 saturated heterocycles. The van der Waals surface area contributed by atoms with Gasteiger partial charge in [-0.15, -0.1) is 0 Å². The molecular weight excluding hydrogens is 749 g/mol. The molecule has 0 aromatic heterocycles. The minimum atomic E-state index is 0.822. The summed E-state index contributed by atoms with van der Waals surface area (Å²) in [6.07, 6.45) is 27.3. The van der Waals surface area contributed by atoms with Gasteiger partial charge in [0, 0.05) is 28.4 Å². The first-order valence-electron chi connectivity index (χ1n) is 21.0. The van der Waals surface area contributed by atoms with E-state index in [2.05, 4.69) is 243 Å². The van der Waals surface area contributed by atoms with Crippen LogP contribution in [-0.4, -0.2) is 0 Å². The van der Waals surface area contributed by atoms with Gasteiger partial charge in [-0.1, -0.05) is 208 Å². The van der Waals surface area contributed by atoms with Crippen molar-refractivity contribution in [1.29, 1.82) is 0 Å². The van der Waals surface area contributed by atoms with Crippen LogP contribution in [0.25, 0.3) is 40.8 Å². The molecule has 2 heteroatoms. The molecule has 0 heterocycles. The Bertz CT molecular complexity index is 2800. The molecule has 302 valence electrons. The number of hydrogen-bond acceptors (Lipinski definition) is 2. The van der Waals surface area contributed by atoms with Crippen molar-refractivity contribution in [2.75, 3.05) is 9.80 Å². The van der Waals surface area contributed by atoms with Crippen LogP contribution in [0.5, 0.6) is 0 Å². The van der Waals surface area contributed by atoms with Crippen molar-refractivity contribution in [1.82, 2.24) is 0 Å². The summed E-state index contributed by atoms with van der Waals surface area (Å²) in [4.78, 5) is 4.55. The Labute approximate surface area is 368 Å². The topological polar surface area (TPSA) is 6.48 Å². The summed E-state index contributed by atoms with van der Waals surface area (Å²) in [5.41, 5.74) is 13.5. The molecule has 7 rings (SSSR count). The SMILES string of the molecule is C=C/C=C\C=C(/C)N(/C(=C/C=C)c1ccccc1)c1ccc(/C=C/Cc2ccc(/C=C/c3ccc(N(c4ccccc4)c4cccc(/C=C\C=C)c4)cc3)c3ccccc23)cc1. The predicted molar refractivity (Wildman–Crippen MR) is 273 cm³/mol. The Morgan fingerprint density at radius 1 is 0.468 bits per heavy atom. The predicted octanol–water partition coefficient (Wildman–Crippen LogP) is 16.6. The van der Waals surface area contributed by atoms with Crippen molar-refractivity contribution in [2.45, 2.75) is 13.3 Å². The molecule has 0 radical (unpaired) electrons. The highest BCUT2D eigenvalue weighted by molar-refractivity contribution is 5.95. The fourth-order valence-corrected chi connectivity index (χ4v) is 7.56. The summed E-state index contributed by atoms with van der Waals surface area (Å²) in [5.74, 6) is 0. The first-order chi connectivity index (χ1) is 30.6. The Kier molecular flexibility index (Phi) is 14.5. The van der Waals surface area contributed by atoms with Crippen molar-refractivity contribution in [3.05, 3.63) is 283 Å². The van der Waals surface area contributed by atoms with Crippen LogP contribution in [-0.2, 0) is 6.42 Å². The van der Waals surface area contributed by atoms with Crippen LogP contribution in [0.15, 0.2) is 250 Å². The van der Waals surface area contributed by atoms with Gasteiger partial charge in [-0.25, -0.2) is 0 Å². The number of rotatable bonds is 17. The summed E-state index contributed by atoms with van der Waals surface area (Å²) in [6, 6.07) is 60.2. The van der Waals surface area contributed by atoms with Gasteiger partial charge in [-0.3, -0.25) is 0 Å². The third-order valence-electron chi connectivity index (χ3n) is 10.5. The quantitative estimate of drug-likeness (QED) is 0.0669. The van der Waals surface area contributed by atoms with Gasteiger partial charge in [0.25, 0.3) is 0 Å². The van der Waals surface area contributed by atoms with Gasteiger partial charge in [-0.05, 0) is 118 Å². The number of para-hydroxylation sites is 1. The fraction of sp³-hybridized carbons (Fsp3) is 0.0333. The highest BCUT2D eigenvalue weighted by Crippen LogP contribution is 2.36. The van der Waals surface area contributed by atoms with E-state index in [1.165, 1.54) is 21.9 Å². The lowest BCUT2D eigenvalue weighted by atomic mass is 9.97. The maximum atomic E-state index is 4.02. The van der Waals surface area contributed by atoms with Crippen molar-refractivity contribution in [2.24, 2.45) is 0 Å². The first-order valence-corrected chi connectivity index (χ1v) is 21.0. The number of anilines is 4. The minimum absolute atomic E-state index is 0.822. The van der Waals surface area contributed by atoms with Gasteiger partial charge >= 0.3 is 0 Å². The normalized spacial score (nSPS) is 12.1. The van der Waals surface area contributed by atoms with E-state index in [0.29, 0.717) is 0 Å². The van der Waals surface area contributed by atoms with Crippen molar-refractivity contribution in [3.8, 4) is 0 Å². The lowest BCUT2D eigenvalue weighted by Crippen LogP contribution is -2.19. The molecule has 62 heavy (non-hydrogen) atoms. The van der Waals surface area contributed by atoms with Gasteiger partial charge in [-0.2, -0.15) is 0 Å². The van der Waals surface area contributed by atoms with Crippen LogP contribution >= 0.6 is 0 Å². The molecule has 0 amide bonds. The molecule has 7 aromatic carbocycles. The Hall–Kier alpha value is -7.94. The zero-order valence-electron chi connectivity index (χ0n) is 35.4. The molecule has 0 saturated carbocycles. The highest BCUT2D eigenvalue weighted by atomic mass is 15.2. The van der Waals surface area contributed by atoms with Gasteiger partial charge in [0.05, 0.1) is 5.70 Å². The first kappa shape index (κ1) is 42.2. The monoisotopic (exact) mass is 800 g/mol. The third-order valence-corrected chi connectivity index (χ3v) is 10.5. The van der Waals surface area contributed by atoms with Gasteiger partial charge < -0.3 is 9.80 Å². The lowest BCUT2D eigenvalue weighted by Gasteiger charge is -2.29. The zero-order chi connectivity index (χ0) is 42.9. The van der Waals surface area contributed by atoms with Crippen LogP contribution in [0.3, 0.4) is 0 Å². The Morgan fingerprint density at radius 2 is 1.10 bits per heavy atom. The number of hydrogen-bond donors (Lipinski definition) is 0. The molecule has 2 nitrogen and oxygen atoms in total. The minimum Gasteiger partial charge on any atom is -0.314 e. The third kappa shape index (κ3) is 10.6. The number of allylic oxidation sites excluding steroid dienone is 10. The molecule has 7 aromatic rings. The molecule has 0 bridgehead atoms. The largest absolute Gasteiger partial charge is 0.314 e. The summed E-state index contributed by atoms with van der Waals surface area (Å²) in [7, 11) is 0. The second-order valence-electron chi connectivity index (χ2n) is 14.8. The molecule has 0 aliphatic carbocycles. The summed E-state index contributed by atoms with van der Waals surface area (Å²) in [5, 5.41) is 2.50. The fourth-order valence-electron chi connectivity index (χ4n) is 7.56. The van der Waals surface area contributed by atoms with Crippen molar-refractivity contribution in [3.63, 3.8) is 0 Å². The molecule has 0 spiro atoms. The van der Waals surface area contributed by atoms with E-state index in [-0.39, 0.29) is 0 Å². The van der Waals surface area contributed by atoms with E-state index >= 15 is 0 Å². The average Bonchev–Trinajstić information content (AvgIpc) is 3.32. The van der Waals surface area contributed by atoms with Gasteiger partial charge in [0.2, 0.25) is 0 Å². The standard InChI is InChI=1S/C60H52N2/c1-5-8-12-22-47(4)61(60(21-7-3)53-26-13-10-14-27-53)55-42-35-48(36-43-55)24-19-28-51-40-41-52(59-33-18-17-32-58(51)59)39-34-49-37-44-56(45-38-49)62(54-29-15-11-16-30-54)57-31-20-25-50(46-57)23-9-6-2/h5-27,29-46H,1-3,28H2,4H3/b12-8-,23-9-,24-19+,39-34+,47-22+,60-21+. The highest BCUT2D eigenvalue weighted by Gasteiger charge is 2.16. The summed E-state index contributed by atoms with van der Waals surface area (Å²) in [6.45, 7) is 13.8.